The number of hydrogen-bond donors (Lipinski definition) is 0. The fraction of sp³-hybridized carbons (Fsp3) is 0.500. The van der Waals surface area contributed by atoms with Crippen LogP contribution in [0, 0.1) is 0 Å². The Morgan fingerprint density at radius 2 is 2.50 bits per heavy atom. The summed E-state index contributed by atoms with van der Waals surface area (Å²) < 4.78 is 0. The van der Waals surface area contributed by atoms with E-state index in [1.807, 2.05) is 6.26 Å². The van der Waals surface area contributed by atoms with Crippen LogP contribution in [-0.2, 0) is 0 Å². The average Bonchev–Trinajstić information content (AvgIpc) is 1.83. The number of hydrogen-bond acceptors (Lipinski definition) is 2. The van der Waals surface area contributed by atoms with Crippen molar-refractivity contribution in [2.45, 2.75) is 13.3 Å². The Morgan fingerprint density at radius 3 is 2.62 bits per heavy atom. The smallest absolute Gasteiger partial charge is 0.0725 e. The summed E-state index contributed by atoms with van der Waals surface area (Å²) in [6.45, 7) is 5.58. The van der Waals surface area contributed by atoms with Crippen molar-refractivity contribution in [3.8, 4) is 0 Å². The van der Waals surface area contributed by atoms with Crippen LogP contribution in [0.5, 0.6) is 0 Å². The number of aliphatic imine (C=N–C) groups is 1. The molecule has 0 heterocycles. The molecule has 0 bridgehead atoms. The monoisotopic (exact) mass is 129 g/mol. The zero-order valence-corrected chi connectivity index (χ0v) is 6.16. The van der Waals surface area contributed by atoms with E-state index in [0.29, 0.717) is 0 Å². The van der Waals surface area contributed by atoms with Crippen LogP contribution in [0.3, 0.4) is 0 Å². The molecular formula is C6H11NS. The van der Waals surface area contributed by atoms with Crippen LogP contribution < -0.4 is 0 Å². The summed E-state index contributed by atoms with van der Waals surface area (Å²) in [4.78, 5) is 4.00. The van der Waals surface area contributed by atoms with Crippen molar-refractivity contribution in [3.05, 3.63) is 12.8 Å². The fourth-order valence-corrected chi connectivity index (χ4v) is 0.859. The van der Waals surface area contributed by atoms with Gasteiger partial charge < -0.3 is 0 Å². The molecule has 0 fully saturated rings. The van der Waals surface area contributed by atoms with Gasteiger partial charge in [-0.05, 0) is 12.7 Å². The molecule has 0 aliphatic carbocycles. The zero-order valence-electron chi connectivity index (χ0n) is 5.35. The molecule has 0 spiro atoms. The highest BCUT2D eigenvalue weighted by Gasteiger charge is 1.86. The quantitative estimate of drug-likeness (QED) is 0.411. The summed E-state index contributed by atoms with van der Waals surface area (Å²) in [5, 5.41) is 1.14. The van der Waals surface area contributed by atoms with Crippen LogP contribution in [0.25, 0.3) is 0 Å². The summed E-state index contributed by atoms with van der Waals surface area (Å²) in [6.07, 6.45) is 4.61. The van der Waals surface area contributed by atoms with Crippen LogP contribution in [0.1, 0.15) is 13.3 Å². The Morgan fingerprint density at radius 1 is 1.88 bits per heavy atom. The summed E-state index contributed by atoms with van der Waals surface area (Å²) >= 11 is 1.67. The van der Waals surface area contributed by atoms with Gasteiger partial charge in [-0.1, -0.05) is 13.5 Å². The molecule has 8 heavy (non-hydrogen) atoms. The van der Waals surface area contributed by atoms with Gasteiger partial charge in [-0.2, -0.15) is 0 Å². The van der Waals surface area contributed by atoms with Gasteiger partial charge in [-0.25, -0.2) is 0 Å². The first-order valence-corrected chi connectivity index (χ1v) is 3.79. The molecule has 0 rings (SSSR count). The minimum atomic E-state index is 1.01. The van der Waals surface area contributed by atoms with Gasteiger partial charge in [0.05, 0.1) is 5.04 Å². The van der Waals surface area contributed by atoms with Crippen molar-refractivity contribution in [1.29, 1.82) is 0 Å². The van der Waals surface area contributed by atoms with E-state index >= 15 is 0 Å². The average molecular weight is 129 g/mol. The first kappa shape index (κ1) is 7.76. The number of thioether (sulfide) groups is 1. The van der Waals surface area contributed by atoms with Crippen molar-refractivity contribution in [3.63, 3.8) is 0 Å². The SMILES string of the molecule is C=CN=C(CC)SC. The van der Waals surface area contributed by atoms with Crippen molar-refractivity contribution < 1.29 is 0 Å². The zero-order chi connectivity index (χ0) is 6.41. The second kappa shape index (κ2) is 4.91. The van der Waals surface area contributed by atoms with Crippen LogP contribution >= 0.6 is 11.8 Å². The molecule has 0 aromatic carbocycles. The van der Waals surface area contributed by atoms with Crippen molar-refractivity contribution >= 4 is 16.8 Å². The maximum absolute atomic E-state index is 4.00. The molecule has 0 saturated heterocycles. The first-order valence-electron chi connectivity index (χ1n) is 2.56. The molecular weight excluding hydrogens is 118 g/mol. The second-order valence-electron chi connectivity index (χ2n) is 1.26. The summed E-state index contributed by atoms with van der Waals surface area (Å²) in [6, 6.07) is 0. The molecule has 1 nitrogen and oxygen atoms in total. The maximum atomic E-state index is 4.00. The Kier molecular flexibility index (Phi) is 4.76. The lowest BCUT2D eigenvalue weighted by Gasteiger charge is -1.91. The molecule has 0 aliphatic rings. The van der Waals surface area contributed by atoms with E-state index < -0.39 is 0 Å². The van der Waals surface area contributed by atoms with Gasteiger partial charge in [0.15, 0.2) is 0 Å². The summed E-state index contributed by atoms with van der Waals surface area (Å²) in [5.74, 6) is 0. The maximum Gasteiger partial charge on any atom is 0.0725 e. The van der Waals surface area contributed by atoms with Gasteiger partial charge in [0.25, 0.3) is 0 Å². The van der Waals surface area contributed by atoms with E-state index in [2.05, 4.69) is 18.5 Å². The predicted octanol–water partition coefficient (Wildman–Crippen LogP) is 2.30. The van der Waals surface area contributed by atoms with Crippen molar-refractivity contribution in [1.82, 2.24) is 0 Å². The minimum Gasteiger partial charge on any atom is -0.255 e. The number of nitrogens with zero attached hydrogens (tertiary/aromatic N) is 1. The molecule has 0 unspecified atom stereocenters. The predicted molar refractivity (Wildman–Crippen MR) is 41.4 cm³/mol. The minimum absolute atomic E-state index is 1.01. The molecule has 0 saturated carbocycles. The highest BCUT2D eigenvalue weighted by atomic mass is 32.2. The Hall–Kier alpha value is -0.240. The molecule has 0 aliphatic heterocycles. The highest BCUT2D eigenvalue weighted by molar-refractivity contribution is 8.13. The van der Waals surface area contributed by atoms with Crippen molar-refractivity contribution in [2.24, 2.45) is 4.99 Å². The highest BCUT2D eigenvalue weighted by Crippen LogP contribution is 2.01. The van der Waals surface area contributed by atoms with Crippen LogP contribution in [0.2, 0.25) is 0 Å². The Labute approximate surface area is 54.9 Å². The molecule has 0 aromatic heterocycles. The van der Waals surface area contributed by atoms with E-state index in [4.69, 9.17) is 0 Å². The largest absolute Gasteiger partial charge is 0.255 e. The summed E-state index contributed by atoms with van der Waals surface area (Å²) in [5.41, 5.74) is 0. The molecule has 0 amide bonds. The van der Waals surface area contributed by atoms with E-state index in [-0.39, 0.29) is 0 Å². The van der Waals surface area contributed by atoms with Gasteiger partial charge in [0.1, 0.15) is 0 Å². The first-order chi connectivity index (χ1) is 3.85. The third kappa shape index (κ3) is 2.86. The lowest BCUT2D eigenvalue weighted by atomic mass is 10.5. The topological polar surface area (TPSA) is 12.4 Å². The third-order valence-electron chi connectivity index (χ3n) is 0.773. The Bertz CT molecular complexity index is 90.7. The fourth-order valence-electron chi connectivity index (χ4n) is 0.390. The van der Waals surface area contributed by atoms with Crippen LogP contribution in [0.4, 0.5) is 0 Å². The standard InChI is InChI=1S/C6H11NS/c1-4-6(8-3)7-5-2/h5H,2,4H2,1,3H3. The normalized spacial score (nSPS) is 11.5. The van der Waals surface area contributed by atoms with Gasteiger partial charge in [-0.15, -0.1) is 11.8 Å². The Balaban J connectivity index is 3.66. The van der Waals surface area contributed by atoms with E-state index in [0.717, 1.165) is 11.5 Å². The van der Waals surface area contributed by atoms with E-state index in [1.54, 1.807) is 18.0 Å². The van der Waals surface area contributed by atoms with Gasteiger partial charge in [0, 0.05) is 6.20 Å². The lowest BCUT2D eigenvalue weighted by Crippen LogP contribution is -1.84. The van der Waals surface area contributed by atoms with Crippen LogP contribution in [-0.4, -0.2) is 11.3 Å². The molecule has 2 heteroatoms. The molecule has 0 N–H and O–H groups in total. The molecule has 0 atom stereocenters. The van der Waals surface area contributed by atoms with E-state index in [9.17, 15) is 0 Å². The van der Waals surface area contributed by atoms with Gasteiger partial charge in [-0.3, -0.25) is 4.99 Å². The molecule has 0 aromatic rings. The van der Waals surface area contributed by atoms with Crippen LogP contribution in [0.15, 0.2) is 17.8 Å². The lowest BCUT2D eigenvalue weighted by molar-refractivity contribution is 1.30. The number of rotatable bonds is 2. The van der Waals surface area contributed by atoms with Gasteiger partial charge in [0.2, 0.25) is 0 Å². The van der Waals surface area contributed by atoms with Crippen molar-refractivity contribution in [2.75, 3.05) is 6.26 Å². The molecule has 46 valence electrons. The summed E-state index contributed by atoms with van der Waals surface area (Å²) in [7, 11) is 0. The van der Waals surface area contributed by atoms with Gasteiger partial charge >= 0.3 is 0 Å². The third-order valence-corrected chi connectivity index (χ3v) is 1.64. The van der Waals surface area contributed by atoms with E-state index in [1.165, 1.54) is 0 Å². The second-order valence-corrected chi connectivity index (χ2v) is 2.14. The molecule has 0 radical (unpaired) electrons.